The van der Waals surface area contributed by atoms with Crippen LogP contribution in [-0.4, -0.2) is 6.61 Å². The van der Waals surface area contributed by atoms with Gasteiger partial charge in [-0.25, -0.2) is 0 Å². The molecule has 0 saturated heterocycles. The number of hydrogen-bond donors (Lipinski definition) is 1. The Hall–Kier alpha value is -1.32. The fourth-order valence-corrected chi connectivity index (χ4v) is 3.03. The lowest BCUT2D eigenvalue weighted by Crippen LogP contribution is -2.11. The summed E-state index contributed by atoms with van der Waals surface area (Å²) in [6, 6.07) is 13.0. The molecule has 21 heavy (non-hydrogen) atoms. The van der Waals surface area contributed by atoms with Crippen LogP contribution in [0.1, 0.15) is 34.7 Å². The summed E-state index contributed by atoms with van der Waals surface area (Å²) in [5.41, 5.74) is 11.5. The summed E-state index contributed by atoms with van der Waals surface area (Å²) in [4.78, 5) is 0. The van der Waals surface area contributed by atoms with Crippen LogP contribution in [0.3, 0.4) is 0 Å². The van der Waals surface area contributed by atoms with Gasteiger partial charge in [-0.2, -0.15) is 0 Å². The molecule has 110 valence electrons. The van der Waals surface area contributed by atoms with E-state index >= 15 is 0 Å². The molecule has 2 nitrogen and oxygen atoms in total. The zero-order chi connectivity index (χ0) is 14.8. The van der Waals surface area contributed by atoms with Gasteiger partial charge in [0.25, 0.3) is 0 Å². The average molecular weight is 346 g/mol. The molecule has 0 bridgehead atoms. The standard InChI is InChI=1S/C18H20BrNO/c1-12-10-14(4-5-16(12)19)17(20)6-2-13-3-7-18-15(11-13)8-9-21-18/h3-5,7,10-11,17H,2,6,8-9,20H2,1H3. The Morgan fingerprint density at radius 1 is 1.24 bits per heavy atom. The second-order valence-corrected chi connectivity index (χ2v) is 6.55. The summed E-state index contributed by atoms with van der Waals surface area (Å²) in [5, 5.41) is 0. The molecule has 0 spiro atoms. The minimum atomic E-state index is 0.0845. The smallest absolute Gasteiger partial charge is 0.122 e. The first-order valence-electron chi connectivity index (χ1n) is 7.40. The van der Waals surface area contributed by atoms with Gasteiger partial charge in [-0.3, -0.25) is 0 Å². The van der Waals surface area contributed by atoms with Crippen LogP contribution in [0.4, 0.5) is 0 Å². The van der Waals surface area contributed by atoms with Crippen molar-refractivity contribution in [1.82, 2.24) is 0 Å². The first-order chi connectivity index (χ1) is 10.1. The molecule has 0 saturated carbocycles. The molecule has 0 aromatic heterocycles. The monoisotopic (exact) mass is 345 g/mol. The van der Waals surface area contributed by atoms with Gasteiger partial charge in [-0.15, -0.1) is 0 Å². The van der Waals surface area contributed by atoms with E-state index in [-0.39, 0.29) is 6.04 Å². The van der Waals surface area contributed by atoms with Gasteiger partial charge in [0.05, 0.1) is 6.61 Å². The van der Waals surface area contributed by atoms with Crippen molar-refractivity contribution in [2.24, 2.45) is 5.73 Å². The Morgan fingerprint density at radius 3 is 2.90 bits per heavy atom. The average Bonchev–Trinajstić information content (AvgIpc) is 2.95. The third-order valence-corrected chi connectivity index (χ3v) is 5.00. The minimum absolute atomic E-state index is 0.0845. The van der Waals surface area contributed by atoms with Crippen molar-refractivity contribution >= 4 is 15.9 Å². The van der Waals surface area contributed by atoms with Crippen LogP contribution in [-0.2, 0) is 12.8 Å². The number of hydrogen-bond acceptors (Lipinski definition) is 2. The molecule has 0 radical (unpaired) electrons. The van der Waals surface area contributed by atoms with Gasteiger partial charge >= 0.3 is 0 Å². The molecule has 1 heterocycles. The summed E-state index contributed by atoms with van der Waals surface area (Å²) >= 11 is 3.53. The van der Waals surface area contributed by atoms with Crippen molar-refractivity contribution in [3.05, 3.63) is 63.1 Å². The summed E-state index contributed by atoms with van der Waals surface area (Å²) in [6.07, 6.45) is 2.99. The van der Waals surface area contributed by atoms with Gasteiger partial charge in [0.1, 0.15) is 5.75 Å². The lowest BCUT2D eigenvalue weighted by molar-refractivity contribution is 0.357. The highest BCUT2D eigenvalue weighted by molar-refractivity contribution is 9.10. The normalized spacial score (nSPS) is 14.6. The molecule has 3 heteroatoms. The SMILES string of the molecule is Cc1cc(C(N)CCc2ccc3c(c2)CCO3)ccc1Br. The van der Waals surface area contributed by atoms with Crippen LogP contribution >= 0.6 is 15.9 Å². The fraction of sp³-hybridized carbons (Fsp3) is 0.333. The molecule has 1 atom stereocenters. The van der Waals surface area contributed by atoms with Crippen molar-refractivity contribution in [3.63, 3.8) is 0 Å². The third kappa shape index (κ3) is 3.30. The van der Waals surface area contributed by atoms with Gasteiger partial charge in [0.15, 0.2) is 0 Å². The summed E-state index contributed by atoms with van der Waals surface area (Å²) < 4.78 is 6.68. The van der Waals surface area contributed by atoms with E-state index in [9.17, 15) is 0 Å². The summed E-state index contributed by atoms with van der Waals surface area (Å²) in [5.74, 6) is 1.05. The Labute approximate surface area is 134 Å². The number of rotatable bonds is 4. The molecule has 1 aliphatic heterocycles. The van der Waals surface area contributed by atoms with E-state index in [1.165, 1.54) is 22.3 Å². The molecule has 3 rings (SSSR count). The van der Waals surface area contributed by atoms with E-state index in [0.29, 0.717) is 0 Å². The number of fused-ring (bicyclic) bond motifs is 1. The van der Waals surface area contributed by atoms with Crippen LogP contribution < -0.4 is 10.5 Å². The van der Waals surface area contributed by atoms with Gasteiger partial charge in [0.2, 0.25) is 0 Å². The molecule has 0 aliphatic carbocycles. The van der Waals surface area contributed by atoms with Crippen LogP contribution in [0.5, 0.6) is 5.75 Å². The second-order valence-electron chi connectivity index (χ2n) is 5.69. The van der Waals surface area contributed by atoms with Gasteiger partial charge in [-0.1, -0.05) is 40.2 Å². The number of aryl methyl sites for hydroxylation is 2. The summed E-state index contributed by atoms with van der Waals surface area (Å²) in [6.45, 7) is 2.91. The Kier molecular flexibility index (Phi) is 4.32. The highest BCUT2D eigenvalue weighted by Gasteiger charge is 2.13. The van der Waals surface area contributed by atoms with E-state index in [2.05, 4.69) is 59.3 Å². The number of halogens is 1. The van der Waals surface area contributed by atoms with Gasteiger partial charge in [-0.05, 0) is 54.2 Å². The van der Waals surface area contributed by atoms with Crippen molar-refractivity contribution in [2.75, 3.05) is 6.61 Å². The molecule has 1 aliphatic rings. The number of nitrogens with two attached hydrogens (primary N) is 1. The Bertz CT molecular complexity index is 654. The highest BCUT2D eigenvalue weighted by Crippen LogP contribution is 2.27. The van der Waals surface area contributed by atoms with E-state index in [0.717, 1.165) is 36.1 Å². The van der Waals surface area contributed by atoms with E-state index in [1.807, 2.05) is 0 Å². The molecular weight excluding hydrogens is 326 g/mol. The Balaban J connectivity index is 1.65. The van der Waals surface area contributed by atoms with Crippen LogP contribution in [0, 0.1) is 6.92 Å². The predicted molar refractivity (Wildman–Crippen MR) is 89.8 cm³/mol. The molecular formula is C18H20BrNO. The van der Waals surface area contributed by atoms with E-state index in [1.54, 1.807) is 0 Å². The quantitative estimate of drug-likeness (QED) is 0.895. The fourth-order valence-electron chi connectivity index (χ4n) is 2.78. The highest BCUT2D eigenvalue weighted by atomic mass is 79.9. The van der Waals surface area contributed by atoms with Crippen molar-refractivity contribution in [2.45, 2.75) is 32.2 Å². The number of ether oxygens (including phenoxy) is 1. The topological polar surface area (TPSA) is 35.2 Å². The lowest BCUT2D eigenvalue weighted by atomic mass is 9.97. The third-order valence-electron chi connectivity index (χ3n) is 4.11. The molecule has 0 fully saturated rings. The molecule has 2 aromatic rings. The minimum Gasteiger partial charge on any atom is -0.493 e. The second kappa shape index (κ2) is 6.20. The van der Waals surface area contributed by atoms with Crippen molar-refractivity contribution in [1.29, 1.82) is 0 Å². The van der Waals surface area contributed by atoms with Gasteiger partial charge < -0.3 is 10.5 Å². The number of benzene rings is 2. The molecule has 2 aromatic carbocycles. The Morgan fingerprint density at radius 2 is 2.10 bits per heavy atom. The zero-order valence-electron chi connectivity index (χ0n) is 12.2. The maximum absolute atomic E-state index is 6.33. The first kappa shape index (κ1) is 14.6. The van der Waals surface area contributed by atoms with Crippen molar-refractivity contribution in [3.8, 4) is 5.75 Å². The maximum atomic E-state index is 6.33. The summed E-state index contributed by atoms with van der Waals surface area (Å²) in [7, 11) is 0. The lowest BCUT2D eigenvalue weighted by Gasteiger charge is -2.14. The van der Waals surface area contributed by atoms with Gasteiger partial charge in [0, 0.05) is 16.9 Å². The van der Waals surface area contributed by atoms with Crippen LogP contribution in [0.25, 0.3) is 0 Å². The molecule has 0 amide bonds. The van der Waals surface area contributed by atoms with Crippen molar-refractivity contribution < 1.29 is 4.74 Å². The largest absolute Gasteiger partial charge is 0.493 e. The van der Waals surface area contributed by atoms with Crippen LogP contribution in [0.15, 0.2) is 40.9 Å². The molecule has 2 N–H and O–H groups in total. The first-order valence-corrected chi connectivity index (χ1v) is 8.19. The van der Waals surface area contributed by atoms with Crippen LogP contribution in [0.2, 0.25) is 0 Å². The maximum Gasteiger partial charge on any atom is 0.122 e. The zero-order valence-corrected chi connectivity index (χ0v) is 13.8. The molecule has 1 unspecified atom stereocenters. The predicted octanol–water partition coefficient (Wildman–Crippen LogP) is 4.33. The van der Waals surface area contributed by atoms with E-state index < -0.39 is 0 Å². The van der Waals surface area contributed by atoms with E-state index in [4.69, 9.17) is 10.5 Å².